The molecule has 118 valence electrons. The van der Waals surface area contributed by atoms with Crippen molar-refractivity contribution >= 4 is 22.7 Å². The van der Waals surface area contributed by atoms with Crippen molar-refractivity contribution in [2.75, 3.05) is 23.3 Å². The SMILES string of the molecule is Fc1ccccc1NCC1CCCN1c1ncnc2nc[nH]c12. The summed E-state index contributed by atoms with van der Waals surface area (Å²) >= 11 is 0. The van der Waals surface area contributed by atoms with Gasteiger partial charge in [0.25, 0.3) is 0 Å². The van der Waals surface area contributed by atoms with Gasteiger partial charge in [-0.15, -0.1) is 0 Å². The molecule has 1 atom stereocenters. The number of hydrogen-bond acceptors (Lipinski definition) is 5. The molecule has 7 heteroatoms. The van der Waals surface area contributed by atoms with Crippen molar-refractivity contribution in [2.24, 2.45) is 0 Å². The molecule has 6 nitrogen and oxygen atoms in total. The average Bonchev–Trinajstić information content (AvgIpc) is 3.22. The summed E-state index contributed by atoms with van der Waals surface area (Å²) in [4.78, 5) is 18.1. The molecule has 3 aromatic rings. The third-order valence-corrected chi connectivity index (χ3v) is 4.25. The van der Waals surface area contributed by atoms with Crippen molar-refractivity contribution in [3.63, 3.8) is 0 Å². The lowest BCUT2D eigenvalue weighted by molar-refractivity contribution is 0.625. The Morgan fingerprint density at radius 3 is 3.09 bits per heavy atom. The van der Waals surface area contributed by atoms with Crippen molar-refractivity contribution in [3.8, 4) is 0 Å². The molecule has 23 heavy (non-hydrogen) atoms. The van der Waals surface area contributed by atoms with E-state index in [0.29, 0.717) is 17.9 Å². The van der Waals surface area contributed by atoms with Gasteiger partial charge in [-0.05, 0) is 25.0 Å². The van der Waals surface area contributed by atoms with E-state index in [1.165, 1.54) is 12.4 Å². The smallest absolute Gasteiger partial charge is 0.182 e. The maximum Gasteiger partial charge on any atom is 0.182 e. The molecule has 1 unspecified atom stereocenters. The number of benzene rings is 1. The first-order chi connectivity index (χ1) is 11.3. The first-order valence-electron chi connectivity index (χ1n) is 7.72. The molecule has 0 radical (unpaired) electrons. The summed E-state index contributed by atoms with van der Waals surface area (Å²) in [5.41, 5.74) is 2.06. The number of imidazole rings is 1. The highest BCUT2D eigenvalue weighted by Gasteiger charge is 2.27. The minimum Gasteiger partial charge on any atom is -0.381 e. The Hall–Kier alpha value is -2.70. The molecule has 2 N–H and O–H groups in total. The van der Waals surface area contributed by atoms with Crippen LogP contribution >= 0.6 is 0 Å². The number of nitrogens with zero attached hydrogens (tertiary/aromatic N) is 4. The number of rotatable bonds is 4. The van der Waals surface area contributed by atoms with Crippen LogP contribution in [0.15, 0.2) is 36.9 Å². The monoisotopic (exact) mass is 312 g/mol. The largest absolute Gasteiger partial charge is 0.381 e. The fraction of sp³-hybridized carbons (Fsp3) is 0.312. The summed E-state index contributed by atoms with van der Waals surface area (Å²) < 4.78 is 13.7. The Morgan fingerprint density at radius 2 is 2.17 bits per heavy atom. The van der Waals surface area contributed by atoms with Gasteiger partial charge in [-0.1, -0.05) is 12.1 Å². The van der Waals surface area contributed by atoms with E-state index in [0.717, 1.165) is 30.7 Å². The average molecular weight is 312 g/mol. The summed E-state index contributed by atoms with van der Waals surface area (Å²) in [5.74, 6) is 0.639. The maximum atomic E-state index is 13.7. The molecule has 0 saturated carbocycles. The zero-order valence-corrected chi connectivity index (χ0v) is 12.5. The van der Waals surface area contributed by atoms with Crippen molar-refractivity contribution < 1.29 is 4.39 Å². The number of aromatic nitrogens is 4. The highest BCUT2D eigenvalue weighted by molar-refractivity contribution is 5.83. The van der Waals surface area contributed by atoms with Crippen LogP contribution in [-0.2, 0) is 0 Å². The van der Waals surface area contributed by atoms with Gasteiger partial charge in [0.2, 0.25) is 0 Å². The third-order valence-electron chi connectivity index (χ3n) is 4.25. The van der Waals surface area contributed by atoms with Crippen LogP contribution in [-0.4, -0.2) is 39.1 Å². The van der Waals surface area contributed by atoms with E-state index in [9.17, 15) is 4.39 Å². The molecule has 0 aliphatic carbocycles. The molecule has 3 heterocycles. The number of aromatic amines is 1. The molecule has 0 amide bonds. The van der Waals surface area contributed by atoms with Crippen molar-refractivity contribution in [2.45, 2.75) is 18.9 Å². The topological polar surface area (TPSA) is 69.7 Å². The van der Waals surface area contributed by atoms with E-state index < -0.39 is 0 Å². The number of nitrogens with one attached hydrogen (secondary N) is 2. The molecule has 2 aromatic heterocycles. The van der Waals surface area contributed by atoms with Crippen LogP contribution in [0.3, 0.4) is 0 Å². The fourth-order valence-corrected chi connectivity index (χ4v) is 3.13. The van der Waals surface area contributed by atoms with E-state index in [1.54, 1.807) is 18.5 Å². The zero-order valence-electron chi connectivity index (χ0n) is 12.5. The Labute approximate surface area is 132 Å². The van der Waals surface area contributed by atoms with Gasteiger partial charge < -0.3 is 15.2 Å². The van der Waals surface area contributed by atoms with Crippen LogP contribution in [0.4, 0.5) is 15.9 Å². The predicted molar refractivity (Wildman–Crippen MR) is 86.9 cm³/mol. The van der Waals surface area contributed by atoms with Crippen LogP contribution in [0.1, 0.15) is 12.8 Å². The molecular formula is C16H17FN6. The Bertz CT molecular complexity index is 817. The summed E-state index contributed by atoms with van der Waals surface area (Å²) in [7, 11) is 0. The molecule has 1 aromatic carbocycles. The van der Waals surface area contributed by atoms with Gasteiger partial charge in [0.05, 0.1) is 12.0 Å². The van der Waals surface area contributed by atoms with Crippen LogP contribution in [0, 0.1) is 5.82 Å². The summed E-state index contributed by atoms with van der Waals surface area (Å²) in [5, 5.41) is 3.21. The first kappa shape index (κ1) is 13.9. The minimum atomic E-state index is -0.227. The number of anilines is 2. The fourth-order valence-electron chi connectivity index (χ4n) is 3.13. The van der Waals surface area contributed by atoms with Crippen LogP contribution in [0.2, 0.25) is 0 Å². The third kappa shape index (κ3) is 2.58. The number of para-hydroxylation sites is 1. The minimum absolute atomic E-state index is 0.227. The van der Waals surface area contributed by atoms with E-state index in [1.807, 2.05) is 6.07 Å². The number of H-pyrrole nitrogens is 1. The van der Waals surface area contributed by atoms with Gasteiger partial charge in [-0.3, -0.25) is 0 Å². The van der Waals surface area contributed by atoms with Gasteiger partial charge in [0.1, 0.15) is 17.7 Å². The Balaban J connectivity index is 1.55. The highest BCUT2D eigenvalue weighted by atomic mass is 19.1. The van der Waals surface area contributed by atoms with E-state index in [2.05, 4.69) is 30.2 Å². The lowest BCUT2D eigenvalue weighted by Crippen LogP contribution is -2.35. The summed E-state index contributed by atoms with van der Waals surface area (Å²) in [6.07, 6.45) is 5.30. The van der Waals surface area contributed by atoms with Crippen LogP contribution < -0.4 is 10.2 Å². The highest BCUT2D eigenvalue weighted by Crippen LogP contribution is 2.28. The van der Waals surface area contributed by atoms with Crippen molar-refractivity contribution in [3.05, 3.63) is 42.7 Å². The second kappa shape index (κ2) is 5.83. The van der Waals surface area contributed by atoms with Crippen LogP contribution in [0.25, 0.3) is 11.2 Å². The van der Waals surface area contributed by atoms with E-state index in [4.69, 9.17) is 0 Å². The number of halogens is 1. The quantitative estimate of drug-likeness (QED) is 0.775. The van der Waals surface area contributed by atoms with Gasteiger partial charge in [-0.25, -0.2) is 19.3 Å². The number of fused-ring (bicyclic) bond motifs is 1. The zero-order chi connectivity index (χ0) is 15.6. The predicted octanol–water partition coefficient (Wildman–Crippen LogP) is 2.57. The molecule has 4 rings (SSSR count). The second-order valence-electron chi connectivity index (χ2n) is 5.65. The standard InChI is InChI=1S/C16H17FN6/c17-12-5-1-2-6-13(12)18-8-11-4-3-7-23(11)16-14-15(20-9-19-14)21-10-22-16/h1-2,5-6,9-11,18H,3-4,7-8H2,(H,19,20,21,22). The van der Waals surface area contributed by atoms with E-state index in [-0.39, 0.29) is 11.9 Å². The normalized spacial score (nSPS) is 17.8. The van der Waals surface area contributed by atoms with Crippen molar-refractivity contribution in [1.82, 2.24) is 19.9 Å². The van der Waals surface area contributed by atoms with E-state index >= 15 is 0 Å². The number of hydrogen-bond donors (Lipinski definition) is 2. The summed E-state index contributed by atoms with van der Waals surface area (Å²) in [6, 6.07) is 7.00. The van der Waals surface area contributed by atoms with Gasteiger partial charge >= 0.3 is 0 Å². The molecule has 1 aliphatic rings. The molecular weight excluding hydrogens is 295 g/mol. The molecule has 1 fully saturated rings. The molecule has 1 aliphatic heterocycles. The lowest BCUT2D eigenvalue weighted by Gasteiger charge is -2.26. The molecule has 0 bridgehead atoms. The Kier molecular flexibility index (Phi) is 3.53. The first-order valence-corrected chi connectivity index (χ1v) is 7.72. The lowest BCUT2D eigenvalue weighted by atomic mass is 10.2. The van der Waals surface area contributed by atoms with Gasteiger partial charge in [0, 0.05) is 19.1 Å². The molecule has 1 saturated heterocycles. The summed E-state index contributed by atoms with van der Waals surface area (Å²) in [6.45, 7) is 1.59. The maximum absolute atomic E-state index is 13.7. The van der Waals surface area contributed by atoms with Gasteiger partial charge in [0.15, 0.2) is 11.5 Å². The van der Waals surface area contributed by atoms with Gasteiger partial charge in [-0.2, -0.15) is 0 Å². The molecule has 0 spiro atoms. The second-order valence-corrected chi connectivity index (χ2v) is 5.65. The van der Waals surface area contributed by atoms with Crippen molar-refractivity contribution in [1.29, 1.82) is 0 Å². The van der Waals surface area contributed by atoms with Crippen LogP contribution in [0.5, 0.6) is 0 Å². The Morgan fingerprint density at radius 1 is 1.26 bits per heavy atom.